The molecule has 2 aromatic rings. The van der Waals surface area contributed by atoms with Crippen LogP contribution in [-0.2, 0) is 14.3 Å². The van der Waals surface area contributed by atoms with Crippen molar-refractivity contribution in [2.45, 2.75) is 51.9 Å². The first-order valence-electron chi connectivity index (χ1n) is 12.2. The standard InChI is InChI=1S/C29H33NO5/c1-5-14-35-29(32)26-18(3)30-22-15-21(19-10-8-7-9-11-19)16-23(31)28(22)27(26)20-12-13-24(34-6-2)25(17-20)33-4/h7-13,17,21,27,30H,5-6,14-16H2,1-4H3/t21-,27-/m0/s1. The van der Waals surface area contributed by atoms with E-state index in [1.54, 1.807) is 7.11 Å². The van der Waals surface area contributed by atoms with Crippen molar-refractivity contribution < 1.29 is 23.8 Å². The third kappa shape index (κ3) is 4.97. The molecular formula is C29H33NO5. The maximum Gasteiger partial charge on any atom is 0.336 e. The zero-order chi connectivity index (χ0) is 24.9. The Balaban J connectivity index is 1.81. The van der Waals surface area contributed by atoms with E-state index in [0.717, 1.165) is 23.2 Å². The molecular weight excluding hydrogens is 442 g/mol. The fourth-order valence-electron chi connectivity index (χ4n) is 5.01. The number of carbonyl (C=O) groups is 2. The monoisotopic (exact) mass is 475 g/mol. The average molecular weight is 476 g/mol. The lowest BCUT2D eigenvalue weighted by molar-refractivity contribution is -0.139. The predicted molar refractivity (Wildman–Crippen MR) is 134 cm³/mol. The van der Waals surface area contributed by atoms with Gasteiger partial charge in [0.2, 0.25) is 0 Å². The molecule has 0 saturated heterocycles. The summed E-state index contributed by atoms with van der Waals surface area (Å²) in [5.41, 5.74) is 4.63. The maximum atomic E-state index is 13.7. The number of hydrogen-bond donors (Lipinski definition) is 1. The number of ketones is 1. The van der Waals surface area contributed by atoms with Crippen LogP contribution in [0.15, 0.2) is 71.1 Å². The van der Waals surface area contributed by atoms with Gasteiger partial charge in [-0.15, -0.1) is 0 Å². The van der Waals surface area contributed by atoms with Crippen molar-refractivity contribution in [2.75, 3.05) is 20.3 Å². The first-order chi connectivity index (χ1) is 17.0. The van der Waals surface area contributed by atoms with Crippen molar-refractivity contribution in [2.24, 2.45) is 0 Å². The van der Waals surface area contributed by atoms with Crippen LogP contribution in [0.2, 0.25) is 0 Å². The van der Waals surface area contributed by atoms with E-state index >= 15 is 0 Å². The van der Waals surface area contributed by atoms with Crippen LogP contribution in [-0.4, -0.2) is 32.1 Å². The van der Waals surface area contributed by atoms with Gasteiger partial charge in [0.1, 0.15) is 0 Å². The lowest BCUT2D eigenvalue weighted by Gasteiger charge is -2.36. The van der Waals surface area contributed by atoms with Gasteiger partial charge in [0.15, 0.2) is 17.3 Å². The Labute approximate surface area is 207 Å². The molecule has 0 radical (unpaired) electrons. The number of allylic oxidation sites excluding steroid dienone is 3. The number of benzene rings is 2. The number of dihydropyridines is 1. The highest BCUT2D eigenvalue weighted by molar-refractivity contribution is 6.04. The van der Waals surface area contributed by atoms with Gasteiger partial charge in [0.25, 0.3) is 0 Å². The molecule has 1 aliphatic carbocycles. The third-order valence-electron chi connectivity index (χ3n) is 6.58. The Morgan fingerprint density at radius 2 is 1.80 bits per heavy atom. The smallest absolute Gasteiger partial charge is 0.336 e. The van der Waals surface area contributed by atoms with Crippen molar-refractivity contribution in [3.8, 4) is 11.5 Å². The van der Waals surface area contributed by atoms with Crippen LogP contribution in [0.4, 0.5) is 0 Å². The maximum absolute atomic E-state index is 13.7. The fourth-order valence-corrected chi connectivity index (χ4v) is 5.01. The normalized spacial score (nSPS) is 19.7. The summed E-state index contributed by atoms with van der Waals surface area (Å²) in [5, 5.41) is 3.40. The number of hydrogen-bond acceptors (Lipinski definition) is 6. The second kappa shape index (κ2) is 10.8. The summed E-state index contributed by atoms with van der Waals surface area (Å²) in [4.78, 5) is 26.9. The lowest BCUT2D eigenvalue weighted by Crippen LogP contribution is -2.36. The van der Waals surface area contributed by atoms with Crippen LogP contribution in [0.5, 0.6) is 11.5 Å². The summed E-state index contributed by atoms with van der Waals surface area (Å²) in [5.74, 6) is 0.375. The first-order valence-corrected chi connectivity index (χ1v) is 12.2. The molecule has 1 N–H and O–H groups in total. The number of Topliss-reactive ketones (excluding diaryl/α,β-unsaturated/α-hetero) is 1. The minimum Gasteiger partial charge on any atom is -0.493 e. The van der Waals surface area contributed by atoms with E-state index in [-0.39, 0.29) is 11.7 Å². The zero-order valence-corrected chi connectivity index (χ0v) is 20.9. The third-order valence-corrected chi connectivity index (χ3v) is 6.58. The zero-order valence-electron chi connectivity index (χ0n) is 20.9. The van der Waals surface area contributed by atoms with Gasteiger partial charge in [-0.05, 0) is 55.9 Å². The molecule has 35 heavy (non-hydrogen) atoms. The van der Waals surface area contributed by atoms with E-state index in [9.17, 15) is 9.59 Å². The van der Waals surface area contributed by atoms with Crippen LogP contribution in [0.3, 0.4) is 0 Å². The van der Waals surface area contributed by atoms with E-state index < -0.39 is 11.9 Å². The Morgan fingerprint density at radius 3 is 2.49 bits per heavy atom. The van der Waals surface area contributed by atoms with Crippen molar-refractivity contribution >= 4 is 11.8 Å². The highest BCUT2D eigenvalue weighted by Gasteiger charge is 2.41. The van der Waals surface area contributed by atoms with Crippen LogP contribution >= 0.6 is 0 Å². The molecule has 0 spiro atoms. The highest BCUT2D eigenvalue weighted by atomic mass is 16.5. The summed E-state index contributed by atoms with van der Waals surface area (Å²) in [6, 6.07) is 15.7. The van der Waals surface area contributed by atoms with Crippen molar-refractivity contribution in [1.82, 2.24) is 5.32 Å². The Hall–Kier alpha value is -3.54. The van der Waals surface area contributed by atoms with Crippen LogP contribution in [0.1, 0.15) is 63.0 Å². The Morgan fingerprint density at radius 1 is 1.03 bits per heavy atom. The van der Waals surface area contributed by atoms with Crippen molar-refractivity contribution in [3.05, 3.63) is 82.2 Å². The molecule has 0 bridgehead atoms. The Kier molecular flexibility index (Phi) is 7.59. The molecule has 0 amide bonds. The molecule has 0 saturated carbocycles. The number of methoxy groups -OCH3 is 1. The molecule has 6 heteroatoms. The van der Waals surface area contributed by atoms with E-state index in [2.05, 4.69) is 17.4 Å². The molecule has 2 atom stereocenters. The Bertz CT molecular complexity index is 1160. The molecule has 1 heterocycles. The SMILES string of the molecule is CCCOC(=O)C1=C(C)NC2=C(C(=O)C[C@@H](c3ccccc3)C2)[C@H]1c1ccc(OCC)c(OC)c1. The van der Waals surface area contributed by atoms with Gasteiger partial charge >= 0.3 is 5.97 Å². The number of nitrogens with one attached hydrogen (secondary N) is 1. The van der Waals surface area contributed by atoms with Gasteiger partial charge in [-0.25, -0.2) is 4.79 Å². The topological polar surface area (TPSA) is 73.9 Å². The minimum absolute atomic E-state index is 0.0405. The first kappa shape index (κ1) is 24.6. The van der Waals surface area contributed by atoms with Crippen molar-refractivity contribution in [1.29, 1.82) is 0 Å². The van der Waals surface area contributed by atoms with Gasteiger partial charge in [0, 0.05) is 29.3 Å². The molecule has 2 aliphatic rings. The van der Waals surface area contributed by atoms with Crippen LogP contribution < -0.4 is 14.8 Å². The molecule has 2 aromatic carbocycles. The minimum atomic E-state index is -0.538. The van der Waals surface area contributed by atoms with Gasteiger partial charge in [-0.3, -0.25) is 4.79 Å². The summed E-state index contributed by atoms with van der Waals surface area (Å²) < 4.78 is 16.8. The highest BCUT2D eigenvalue weighted by Crippen LogP contribution is 2.47. The molecule has 0 fully saturated rings. The van der Waals surface area contributed by atoms with E-state index in [1.807, 2.05) is 57.2 Å². The number of ether oxygens (including phenoxy) is 3. The molecule has 0 unspecified atom stereocenters. The predicted octanol–water partition coefficient (Wildman–Crippen LogP) is 5.41. The van der Waals surface area contributed by atoms with Crippen molar-refractivity contribution in [3.63, 3.8) is 0 Å². The largest absolute Gasteiger partial charge is 0.493 e. The average Bonchev–Trinajstić information content (AvgIpc) is 2.87. The molecule has 0 aromatic heterocycles. The van der Waals surface area contributed by atoms with Gasteiger partial charge in [-0.2, -0.15) is 0 Å². The van der Waals surface area contributed by atoms with Crippen LogP contribution in [0, 0.1) is 0 Å². The number of esters is 1. The van der Waals surface area contributed by atoms with Crippen LogP contribution in [0.25, 0.3) is 0 Å². The lowest BCUT2D eigenvalue weighted by atomic mass is 9.71. The summed E-state index contributed by atoms with van der Waals surface area (Å²) >= 11 is 0. The van der Waals surface area contributed by atoms with Gasteiger partial charge in [-0.1, -0.05) is 43.3 Å². The second-order valence-corrected chi connectivity index (χ2v) is 8.91. The summed E-state index contributed by atoms with van der Waals surface area (Å²) in [6.45, 7) is 6.57. The van der Waals surface area contributed by atoms with Gasteiger partial charge < -0.3 is 19.5 Å². The molecule has 1 aliphatic heterocycles. The summed E-state index contributed by atoms with van der Waals surface area (Å²) in [7, 11) is 1.59. The van der Waals surface area contributed by atoms with E-state index in [4.69, 9.17) is 14.2 Å². The number of carbonyl (C=O) groups excluding carboxylic acids is 2. The number of rotatable bonds is 8. The van der Waals surface area contributed by atoms with Gasteiger partial charge in [0.05, 0.1) is 25.9 Å². The van der Waals surface area contributed by atoms with E-state index in [1.165, 1.54) is 0 Å². The fraction of sp³-hybridized carbons (Fsp3) is 0.379. The quantitative estimate of drug-likeness (QED) is 0.515. The second-order valence-electron chi connectivity index (χ2n) is 8.91. The summed E-state index contributed by atoms with van der Waals surface area (Å²) in [6.07, 6.45) is 1.81. The molecule has 4 rings (SSSR count). The van der Waals surface area contributed by atoms with E-state index in [0.29, 0.717) is 54.4 Å². The molecule has 6 nitrogen and oxygen atoms in total. The molecule has 184 valence electrons.